The van der Waals surface area contributed by atoms with Crippen molar-refractivity contribution in [1.82, 2.24) is 10.3 Å². The van der Waals surface area contributed by atoms with Crippen LogP contribution in [0.5, 0.6) is 0 Å². The second kappa shape index (κ2) is 6.78. The molecule has 0 radical (unpaired) electrons. The van der Waals surface area contributed by atoms with E-state index < -0.39 is 11.9 Å². The Morgan fingerprint density at radius 2 is 2.16 bits per heavy atom. The molecule has 0 atom stereocenters. The molecule has 0 aromatic carbocycles. The Kier molecular flexibility index (Phi) is 5.36. The molecule has 0 saturated heterocycles. The number of hydrogen-bond donors (Lipinski definition) is 1. The molecule has 1 heterocycles. The SMILES string of the molecule is C=C/C=C(\C=C/C)NCc1ccc(C(F)(F)F)nc1. The summed E-state index contributed by atoms with van der Waals surface area (Å²) in [5.74, 6) is 0. The molecule has 1 aromatic heterocycles. The second-order valence-electron chi connectivity index (χ2n) is 3.76. The van der Waals surface area contributed by atoms with Crippen LogP contribution in [0.4, 0.5) is 13.2 Å². The van der Waals surface area contributed by atoms with Crippen molar-refractivity contribution in [3.05, 3.63) is 66.2 Å². The molecular weight excluding hydrogens is 253 g/mol. The lowest BCUT2D eigenvalue weighted by Crippen LogP contribution is -2.13. The summed E-state index contributed by atoms with van der Waals surface area (Å²) >= 11 is 0. The fourth-order valence-electron chi connectivity index (χ4n) is 1.38. The summed E-state index contributed by atoms with van der Waals surface area (Å²) in [5.41, 5.74) is 0.622. The van der Waals surface area contributed by atoms with Gasteiger partial charge in [0.1, 0.15) is 5.69 Å². The predicted molar refractivity (Wildman–Crippen MR) is 69.2 cm³/mol. The number of nitrogens with zero attached hydrogens (tertiary/aromatic N) is 1. The van der Waals surface area contributed by atoms with E-state index in [1.54, 1.807) is 12.2 Å². The molecule has 0 saturated carbocycles. The zero-order valence-corrected chi connectivity index (χ0v) is 10.5. The Morgan fingerprint density at radius 1 is 1.42 bits per heavy atom. The maximum Gasteiger partial charge on any atom is 0.433 e. The Hall–Kier alpha value is -2.04. The Labute approximate surface area is 110 Å². The highest BCUT2D eigenvalue weighted by atomic mass is 19.4. The van der Waals surface area contributed by atoms with E-state index in [4.69, 9.17) is 0 Å². The summed E-state index contributed by atoms with van der Waals surface area (Å²) in [6.45, 7) is 5.86. The van der Waals surface area contributed by atoms with Gasteiger partial charge in [-0.15, -0.1) is 0 Å². The molecule has 5 heteroatoms. The van der Waals surface area contributed by atoms with E-state index in [1.807, 2.05) is 19.1 Å². The number of alkyl halides is 3. The number of halogens is 3. The Bertz CT molecular complexity index is 470. The molecule has 0 bridgehead atoms. The van der Waals surface area contributed by atoms with Crippen molar-refractivity contribution < 1.29 is 13.2 Å². The molecule has 19 heavy (non-hydrogen) atoms. The molecule has 0 amide bonds. The predicted octanol–water partition coefficient (Wildman–Crippen LogP) is 3.84. The summed E-state index contributed by atoms with van der Waals surface area (Å²) in [6.07, 6.45) is 3.93. The lowest BCUT2D eigenvalue weighted by molar-refractivity contribution is -0.141. The summed E-state index contributed by atoms with van der Waals surface area (Å²) in [7, 11) is 0. The fraction of sp³-hybridized carbons (Fsp3) is 0.214. The molecule has 0 fully saturated rings. The first-order valence-electron chi connectivity index (χ1n) is 5.68. The molecule has 2 nitrogen and oxygen atoms in total. The van der Waals surface area contributed by atoms with Crippen LogP contribution in [-0.4, -0.2) is 4.98 Å². The van der Waals surface area contributed by atoms with Crippen LogP contribution in [0.1, 0.15) is 18.2 Å². The fourth-order valence-corrected chi connectivity index (χ4v) is 1.38. The van der Waals surface area contributed by atoms with Crippen LogP contribution in [0.15, 0.2) is 54.9 Å². The number of aromatic nitrogens is 1. The first-order valence-corrected chi connectivity index (χ1v) is 5.68. The third-order valence-electron chi connectivity index (χ3n) is 2.26. The molecule has 102 valence electrons. The van der Waals surface area contributed by atoms with Gasteiger partial charge in [-0.05, 0) is 30.7 Å². The largest absolute Gasteiger partial charge is 0.433 e. The molecule has 1 aromatic rings. The lowest BCUT2D eigenvalue weighted by Gasteiger charge is -2.09. The number of allylic oxidation sites excluding steroid dienone is 4. The lowest BCUT2D eigenvalue weighted by atomic mass is 10.2. The highest BCUT2D eigenvalue weighted by molar-refractivity contribution is 5.23. The smallest absolute Gasteiger partial charge is 0.381 e. The molecule has 0 unspecified atom stereocenters. The molecule has 1 rings (SSSR count). The molecule has 1 N–H and O–H groups in total. The quantitative estimate of drug-likeness (QED) is 0.821. The van der Waals surface area contributed by atoms with Crippen molar-refractivity contribution in [3.63, 3.8) is 0 Å². The molecule has 0 aliphatic rings. The van der Waals surface area contributed by atoms with Crippen LogP contribution in [0.3, 0.4) is 0 Å². The van der Waals surface area contributed by atoms with Gasteiger partial charge in [-0.1, -0.05) is 24.8 Å². The maximum absolute atomic E-state index is 12.3. The van der Waals surface area contributed by atoms with Gasteiger partial charge in [0.2, 0.25) is 0 Å². The monoisotopic (exact) mass is 268 g/mol. The van der Waals surface area contributed by atoms with Crippen molar-refractivity contribution in [2.45, 2.75) is 19.6 Å². The van der Waals surface area contributed by atoms with Crippen LogP contribution in [0, 0.1) is 0 Å². The zero-order chi connectivity index (χ0) is 14.3. The van der Waals surface area contributed by atoms with Crippen molar-refractivity contribution >= 4 is 0 Å². The first-order chi connectivity index (χ1) is 8.97. The van der Waals surface area contributed by atoms with E-state index in [1.165, 1.54) is 12.3 Å². The normalized spacial score (nSPS) is 12.7. The minimum Gasteiger partial charge on any atom is -0.381 e. The van der Waals surface area contributed by atoms with E-state index >= 15 is 0 Å². The van der Waals surface area contributed by atoms with E-state index in [9.17, 15) is 13.2 Å². The Balaban J connectivity index is 2.68. The number of nitrogens with one attached hydrogen (secondary N) is 1. The van der Waals surface area contributed by atoms with Gasteiger partial charge in [0, 0.05) is 18.4 Å². The van der Waals surface area contributed by atoms with E-state index in [-0.39, 0.29) is 0 Å². The van der Waals surface area contributed by atoms with Crippen LogP contribution < -0.4 is 5.32 Å². The van der Waals surface area contributed by atoms with Gasteiger partial charge in [-0.25, -0.2) is 0 Å². The average molecular weight is 268 g/mol. The summed E-state index contributed by atoms with van der Waals surface area (Å²) < 4.78 is 37.0. The highest BCUT2D eigenvalue weighted by Crippen LogP contribution is 2.27. The van der Waals surface area contributed by atoms with Crippen molar-refractivity contribution in [3.8, 4) is 0 Å². The van der Waals surface area contributed by atoms with Gasteiger partial charge in [0.05, 0.1) is 0 Å². The maximum atomic E-state index is 12.3. The van der Waals surface area contributed by atoms with Gasteiger partial charge in [-0.3, -0.25) is 4.98 Å². The number of rotatable bonds is 5. The van der Waals surface area contributed by atoms with E-state index in [0.29, 0.717) is 12.1 Å². The molecular formula is C14H15F3N2. The van der Waals surface area contributed by atoms with Gasteiger partial charge in [0.15, 0.2) is 0 Å². The second-order valence-corrected chi connectivity index (χ2v) is 3.76. The van der Waals surface area contributed by atoms with E-state index in [2.05, 4.69) is 16.9 Å². The van der Waals surface area contributed by atoms with Crippen molar-refractivity contribution in [1.29, 1.82) is 0 Å². The van der Waals surface area contributed by atoms with Gasteiger partial charge < -0.3 is 5.32 Å². The summed E-state index contributed by atoms with van der Waals surface area (Å²) in [6, 6.07) is 2.38. The zero-order valence-electron chi connectivity index (χ0n) is 10.5. The molecule has 0 spiro atoms. The molecule has 0 aliphatic heterocycles. The van der Waals surface area contributed by atoms with Crippen LogP contribution in [-0.2, 0) is 12.7 Å². The third-order valence-corrected chi connectivity index (χ3v) is 2.26. The highest BCUT2D eigenvalue weighted by Gasteiger charge is 2.31. The van der Waals surface area contributed by atoms with Crippen LogP contribution in [0.2, 0.25) is 0 Å². The third kappa shape index (κ3) is 4.99. The standard InChI is InChI=1S/C14H15F3N2/c1-3-5-12(6-4-2)18-9-11-7-8-13(19-10-11)14(15,16)17/h3-8,10,18H,1,9H2,2H3/b6-4-,12-5+. The molecule has 0 aliphatic carbocycles. The van der Waals surface area contributed by atoms with Crippen LogP contribution in [0.25, 0.3) is 0 Å². The Morgan fingerprint density at radius 3 is 2.63 bits per heavy atom. The van der Waals surface area contributed by atoms with Crippen molar-refractivity contribution in [2.75, 3.05) is 0 Å². The minimum absolute atomic E-state index is 0.398. The summed E-state index contributed by atoms with van der Waals surface area (Å²) in [4.78, 5) is 3.40. The van der Waals surface area contributed by atoms with Gasteiger partial charge in [0.25, 0.3) is 0 Å². The minimum atomic E-state index is -4.40. The number of pyridine rings is 1. The summed E-state index contributed by atoms with van der Waals surface area (Å²) in [5, 5.41) is 3.08. The first kappa shape index (κ1) is 15.0. The number of hydrogen-bond acceptors (Lipinski definition) is 2. The van der Waals surface area contributed by atoms with Gasteiger partial charge >= 0.3 is 6.18 Å². The van der Waals surface area contributed by atoms with Crippen molar-refractivity contribution in [2.24, 2.45) is 0 Å². The van der Waals surface area contributed by atoms with E-state index in [0.717, 1.165) is 11.8 Å². The average Bonchev–Trinajstić information content (AvgIpc) is 2.36. The van der Waals surface area contributed by atoms with Crippen LogP contribution >= 0.6 is 0 Å². The topological polar surface area (TPSA) is 24.9 Å². The van der Waals surface area contributed by atoms with Gasteiger partial charge in [-0.2, -0.15) is 13.2 Å².